The van der Waals surface area contributed by atoms with Gasteiger partial charge in [-0.3, -0.25) is 9.48 Å². The maximum Gasteiger partial charge on any atom is 0.206 e. The van der Waals surface area contributed by atoms with Gasteiger partial charge in [0.1, 0.15) is 0 Å². The monoisotopic (exact) mass is 220 g/mol. The highest BCUT2D eigenvalue weighted by molar-refractivity contribution is 7.12. The molecule has 15 heavy (non-hydrogen) atoms. The first kappa shape index (κ1) is 10.1. The first-order valence-corrected chi connectivity index (χ1v) is 5.57. The zero-order chi connectivity index (χ0) is 11.0. The predicted octanol–water partition coefficient (Wildman–Crippen LogP) is 2.33. The second-order valence-corrected chi connectivity index (χ2v) is 4.42. The molecule has 0 radical (unpaired) electrons. The summed E-state index contributed by atoms with van der Waals surface area (Å²) in [6, 6.07) is 3.73. The van der Waals surface area contributed by atoms with Crippen LogP contribution >= 0.6 is 11.3 Å². The van der Waals surface area contributed by atoms with Crippen LogP contribution in [-0.4, -0.2) is 15.6 Å². The molecule has 0 atom stereocenters. The van der Waals surface area contributed by atoms with Crippen molar-refractivity contribution in [1.82, 2.24) is 9.78 Å². The number of hydrogen-bond donors (Lipinski definition) is 0. The van der Waals surface area contributed by atoms with E-state index >= 15 is 0 Å². The molecule has 0 saturated carbocycles. The minimum atomic E-state index is 0.0769. The highest BCUT2D eigenvalue weighted by atomic mass is 32.1. The van der Waals surface area contributed by atoms with E-state index in [9.17, 15) is 4.79 Å². The van der Waals surface area contributed by atoms with Gasteiger partial charge in [0.15, 0.2) is 0 Å². The Morgan fingerprint density at radius 1 is 1.47 bits per heavy atom. The third-order valence-electron chi connectivity index (χ3n) is 2.48. The maximum absolute atomic E-state index is 12.1. The molecular formula is C11H12N2OS. The van der Waals surface area contributed by atoms with Gasteiger partial charge in [0.05, 0.1) is 16.1 Å². The molecule has 2 aromatic heterocycles. The molecule has 2 heterocycles. The zero-order valence-electron chi connectivity index (χ0n) is 8.94. The van der Waals surface area contributed by atoms with Crippen molar-refractivity contribution in [3.05, 3.63) is 39.3 Å². The van der Waals surface area contributed by atoms with Crippen molar-refractivity contribution >= 4 is 17.1 Å². The number of aryl methyl sites for hydroxylation is 2. The van der Waals surface area contributed by atoms with Crippen LogP contribution in [0.5, 0.6) is 0 Å². The van der Waals surface area contributed by atoms with Crippen molar-refractivity contribution in [2.24, 2.45) is 7.05 Å². The van der Waals surface area contributed by atoms with Crippen LogP contribution in [0.25, 0.3) is 0 Å². The second-order valence-electron chi connectivity index (χ2n) is 3.48. The smallest absolute Gasteiger partial charge is 0.206 e. The van der Waals surface area contributed by atoms with Gasteiger partial charge >= 0.3 is 0 Å². The molecule has 2 rings (SSSR count). The van der Waals surface area contributed by atoms with Crippen molar-refractivity contribution < 1.29 is 4.79 Å². The lowest BCUT2D eigenvalue weighted by atomic mass is 10.1. The molecule has 0 N–H and O–H groups in total. The van der Waals surface area contributed by atoms with Gasteiger partial charge in [-0.2, -0.15) is 5.10 Å². The van der Waals surface area contributed by atoms with Crippen LogP contribution in [0, 0.1) is 13.8 Å². The molecule has 0 spiro atoms. The minimum Gasteiger partial charge on any atom is -0.288 e. The predicted molar refractivity (Wildman–Crippen MR) is 60.4 cm³/mol. The fourth-order valence-electron chi connectivity index (χ4n) is 1.63. The van der Waals surface area contributed by atoms with E-state index in [1.54, 1.807) is 4.68 Å². The minimum absolute atomic E-state index is 0.0769. The first-order chi connectivity index (χ1) is 7.11. The molecule has 0 fully saturated rings. The Morgan fingerprint density at radius 3 is 2.67 bits per heavy atom. The Kier molecular flexibility index (Phi) is 2.44. The summed E-state index contributed by atoms with van der Waals surface area (Å²) in [5.74, 6) is 0.0769. The SMILES string of the molecule is Cc1nn(C)c(C)c1C(=O)c1cccs1. The Bertz CT molecular complexity index is 497. The van der Waals surface area contributed by atoms with Crippen LogP contribution in [0.3, 0.4) is 0 Å². The summed E-state index contributed by atoms with van der Waals surface area (Å²) in [7, 11) is 1.85. The summed E-state index contributed by atoms with van der Waals surface area (Å²) in [4.78, 5) is 12.9. The van der Waals surface area contributed by atoms with Crippen LogP contribution < -0.4 is 0 Å². The third-order valence-corrected chi connectivity index (χ3v) is 3.35. The van der Waals surface area contributed by atoms with Crippen LogP contribution in [0.15, 0.2) is 17.5 Å². The van der Waals surface area contributed by atoms with Crippen LogP contribution in [-0.2, 0) is 7.05 Å². The molecule has 4 heteroatoms. The standard InChI is InChI=1S/C11H12N2OS/c1-7-10(8(2)13(3)12-7)11(14)9-5-4-6-15-9/h4-6H,1-3H3. The molecule has 0 aromatic carbocycles. The van der Waals surface area contributed by atoms with E-state index in [2.05, 4.69) is 5.10 Å². The average Bonchev–Trinajstić information content (AvgIpc) is 2.76. The lowest BCUT2D eigenvalue weighted by Crippen LogP contribution is -2.02. The summed E-state index contributed by atoms with van der Waals surface area (Å²) in [6.45, 7) is 3.79. The van der Waals surface area contributed by atoms with Crippen LogP contribution in [0.4, 0.5) is 0 Å². The molecule has 3 nitrogen and oxygen atoms in total. The van der Waals surface area contributed by atoms with E-state index in [1.165, 1.54) is 11.3 Å². The molecule has 0 unspecified atom stereocenters. The van der Waals surface area contributed by atoms with Crippen molar-refractivity contribution in [1.29, 1.82) is 0 Å². The zero-order valence-corrected chi connectivity index (χ0v) is 9.76. The second kappa shape index (κ2) is 3.62. The number of hydrogen-bond acceptors (Lipinski definition) is 3. The van der Waals surface area contributed by atoms with Gasteiger partial charge in [-0.25, -0.2) is 0 Å². The molecule has 78 valence electrons. The van der Waals surface area contributed by atoms with Gasteiger partial charge in [-0.1, -0.05) is 6.07 Å². The van der Waals surface area contributed by atoms with E-state index in [4.69, 9.17) is 0 Å². The number of ketones is 1. The number of nitrogens with zero attached hydrogens (tertiary/aromatic N) is 2. The summed E-state index contributed by atoms with van der Waals surface area (Å²) in [5, 5.41) is 6.15. The highest BCUT2D eigenvalue weighted by Crippen LogP contribution is 2.19. The van der Waals surface area contributed by atoms with E-state index in [0.717, 1.165) is 21.8 Å². The van der Waals surface area contributed by atoms with Gasteiger partial charge < -0.3 is 0 Å². The van der Waals surface area contributed by atoms with E-state index < -0.39 is 0 Å². The van der Waals surface area contributed by atoms with Gasteiger partial charge in [-0.15, -0.1) is 11.3 Å². The van der Waals surface area contributed by atoms with E-state index in [0.29, 0.717) is 0 Å². The van der Waals surface area contributed by atoms with Gasteiger partial charge in [0.25, 0.3) is 0 Å². The largest absolute Gasteiger partial charge is 0.288 e. The number of carbonyl (C=O) groups is 1. The third kappa shape index (κ3) is 1.61. The summed E-state index contributed by atoms with van der Waals surface area (Å²) >= 11 is 1.47. The summed E-state index contributed by atoms with van der Waals surface area (Å²) in [6.07, 6.45) is 0. The van der Waals surface area contributed by atoms with Crippen molar-refractivity contribution in [2.45, 2.75) is 13.8 Å². The molecule has 0 aliphatic heterocycles. The van der Waals surface area contributed by atoms with Crippen molar-refractivity contribution in [3.63, 3.8) is 0 Å². The van der Waals surface area contributed by atoms with Crippen molar-refractivity contribution in [2.75, 3.05) is 0 Å². The fraction of sp³-hybridized carbons (Fsp3) is 0.273. The number of aromatic nitrogens is 2. The molecule has 0 saturated heterocycles. The quantitative estimate of drug-likeness (QED) is 0.728. The Morgan fingerprint density at radius 2 is 2.20 bits per heavy atom. The summed E-state index contributed by atoms with van der Waals surface area (Å²) < 4.78 is 1.75. The Hall–Kier alpha value is -1.42. The topological polar surface area (TPSA) is 34.9 Å². The Balaban J connectivity index is 2.51. The Labute approximate surface area is 92.4 Å². The molecule has 0 bridgehead atoms. The maximum atomic E-state index is 12.1. The molecular weight excluding hydrogens is 208 g/mol. The lowest BCUT2D eigenvalue weighted by molar-refractivity contribution is 0.104. The average molecular weight is 220 g/mol. The number of thiophene rings is 1. The molecule has 0 aliphatic rings. The fourth-order valence-corrected chi connectivity index (χ4v) is 2.30. The number of carbonyl (C=O) groups excluding carboxylic acids is 1. The van der Waals surface area contributed by atoms with Gasteiger partial charge in [0.2, 0.25) is 5.78 Å². The normalized spacial score (nSPS) is 10.6. The van der Waals surface area contributed by atoms with E-state index in [-0.39, 0.29) is 5.78 Å². The van der Waals surface area contributed by atoms with Crippen LogP contribution in [0.1, 0.15) is 26.6 Å². The summed E-state index contributed by atoms with van der Waals surface area (Å²) in [5.41, 5.74) is 2.46. The molecule has 2 aromatic rings. The van der Waals surface area contributed by atoms with Gasteiger partial charge in [0, 0.05) is 12.7 Å². The van der Waals surface area contributed by atoms with E-state index in [1.807, 2.05) is 38.4 Å². The first-order valence-electron chi connectivity index (χ1n) is 4.69. The molecule has 0 aliphatic carbocycles. The highest BCUT2D eigenvalue weighted by Gasteiger charge is 2.19. The van der Waals surface area contributed by atoms with Crippen LogP contribution in [0.2, 0.25) is 0 Å². The lowest BCUT2D eigenvalue weighted by Gasteiger charge is -1.98. The van der Waals surface area contributed by atoms with Gasteiger partial charge in [-0.05, 0) is 25.3 Å². The number of rotatable bonds is 2. The molecule has 0 amide bonds. The van der Waals surface area contributed by atoms with Crippen molar-refractivity contribution in [3.8, 4) is 0 Å².